The van der Waals surface area contributed by atoms with E-state index in [2.05, 4.69) is 62.4 Å². The Morgan fingerprint density at radius 2 is 1.21 bits per heavy atom. The lowest BCUT2D eigenvalue weighted by Gasteiger charge is -2.29. The van der Waals surface area contributed by atoms with Crippen molar-refractivity contribution >= 4 is 0 Å². The van der Waals surface area contributed by atoms with Crippen LogP contribution in [0.4, 0.5) is 0 Å². The van der Waals surface area contributed by atoms with Gasteiger partial charge in [0.15, 0.2) is 0 Å². The first-order valence-corrected chi connectivity index (χ1v) is 12.0. The van der Waals surface area contributed by atoms with Crippen molar-refractivity contribution in [2.24, 2.45) is 5.92 Å². The average molecular weight is 377 g/mol. The molecular formula is C28H40. The molecule has 1 aliphatic rings. The zero-order valence-electron chi connectivity index (χ0n) is 18.3. The van der Waals surface area contributed by atoms with E-state index in [0.29, 0.717) is 0 Å². The molecule has 0 amide bonds. The van der Waals surface area contributed by atoms with Gasteiger partial charge in [-0.25, -0.2) is 0 Å². The number of unbranched alkanes of at least 4 members (excludes halogenated alkanes) is 4. The summed E-state index contributed by atoms with van der Waals surface area (Å²) in [6, 6.07) is 18.7. The zero-order valence-corrected chi connectivity index (χ0v) is 18.3. The normalized spacial score (nSPS) is 19.6. The minimum absolute atomic E-state index is 0.789. The van der Waals surface area contributed by atoms with E-state index in [4.69, 9.17) is 0 Å². The van der Waals surface area contributed by atoms with Gasteiger partial charge in [-0.15, -0.1) is 0 Å². The van der Waals surface area contributed by atoms with E-state index in [1.165, 1.54) is 93.7 Å². The van der Waals surface area contributed by atoms with Crippen molar-refractivity contribution in [3.05, 3.63) is 59.7 Å². The lowest BCUT2D eigenvalue weighted by molar-refractivity contribution is 0.303. The maximum absolute atomic E-state index is 2.40. The maximum atomic E-state index is 2.40. The molecule has 0 aliphatic heterocycles. The fourth-order valence-corrected chi connectivity index (χ4v) is 4.86. The minimum atomic E-state index is 0.789. The Labute approximate surface area is 173 Å². The Balaban J connectivity index is 1.51. The molecule has 0 heteroatoms. The van der Waals surface area contributed by atoms with Crippen molar-refractivity contribution in [1.29, 1.82) is 0 Å². The van der Waals surface area contributed by atoms with Gasteiger partial charge in [-0.1, -0.05) is 101 Å². The van der Waals surface area contributed by atoms with Crippen LogP contribution in [0.5, 0.6) is 0 Å². The third-order valence-electron chi connectivity index (χ3n) is 6.80. The van der Waals surface area contributed by atoms with Gasteiger partial charge in [0.1, 0.15) is 0 Å². The van der Waals surface area contributed by atoms with Crippen LogP contribution >= 0.6 is 0 Å². The van der Waals surface area contributed by atoms with Gasteiger partial charge in [-0.3, -0.25) is 0 Å². The Morgan fingerprint density at radius 1 is 0.643 bits per heavy atom. The van der Waals surface area contributed by atoms with E-state index in [0.717, 1.165) is 11.8 Å². The summed E-state index contributed by atoms with van der Waals surface area (Å²) in [5, 5.41) is 0. The van der Waals surface area contributed by atoms with Crippen LogP contribution in [0.3, 0.4) is 0 Å². The molecule has 0 aromatic heterocycles. The van der Waals surface area contributed by atoms with Gasteiger partial charge in [-0.05, 0) is 72.6 Å². The van der Waals surface area contributed by atoms with Crippen LogP contribution in [0.1, 0.15) is 102 Å². The van der Waals surface area contributed by atoms with Crippen LogP contribution in [-0.4, -0.2) is 0 Å². The summed E-state index contributed by atoms with van der Waals surface area (Å²) in [6.07, 6.45) is 16.5. The molecule has 0 unspecified atom stereocenters. The number of hydrogen-bond donors (Lipinski definition) is 0. The van der Waals surface area contributed by atoms with Crippen LogP contribution in [0.15, 0.2) is 48.5 Å². The SMILES string of the molecule is CCCCCc1ccc(-c2ccc(C3CCC(CCCCC)CC3)cc2)cc1. The summed E-state index contributed by atoms with van der Waals surface area (Å²) in [7, 11) is 0. The Bertz CT molecular complexity index is 656. The van der Waals surface area contributed by atoms with Crippen molar-refractivity contribution in [1.82, 2.24) is 0 Å². The van der Waals surface area contributed by atoms with Gasteiger partial charge >= 0.3 is 0 Å². The van der Waals surface area contributed by atoms with Gasteiger partial charge in [0.05, 0.1) is 0 Å². The summed E-state index contributed by atoms with van der Waals surface area (Å²) in [5.74, 6) is 1.79. The second-order valence-electron chi connectivity index (χ2n) is 8.99. The van der Waals surface area contributed by atoms with Crippen molar-refractivity contribution in [2.75, 3.05) is 0 Å². The third-order valence-corrected chi connectivity index (χ3v) is 6.80. The number of hydrogen-bond acceptors (Lipinski definition) is 0. The molecule has 0 saturated heterocycles. The highest BCUT2D eigenvalue weighted by Gasteiger charge is 2.21. The molecule has 0 N–H and O–H groups in total. The van der Waals surface area contributed by atoms with Crippen molar-refractivity contribution in [3.63, 3.8) is 0 Å². The van der Waals surface area contributed by atoms with E-state index in [1.807, 2.05) is 0 Å². The van der Waals surface area contributed by atoms with E-state index >= 15 is 0 Å². The zero-order chi connectivity index (χ0) is 19.6. The highest BCUT2D eigenvalue weighted by atomic mass is 14.3. The molecule has 0 nitrogen and oxygen atoms in total. The summed E-state index contributed by atoms with van der Waals surface area (Å²) >= 11 is 0. The highest BCUT2D eigenvalue weighted by molar-refractivity contribution is 5.64. The molecule has 0 spiro atoms. The predicted molar refractivity (Wildman–Crippen MR) is 124 cm³/mol. The Hall–Kier alpha value is -1.56. The second-order valence-corrected chi connectivity index (χ2v) is 8.99. The molecular weight excluding hydrogens is 336 g/mol. The van der Waals surface area contributed by atoms with E-state index in [1.54, 1.807) is 5.56 Å². The summed E-state index contributed by atoms with van der Waals surface area (Å²) in [4.78, 5) is 0. The van der Waals surface area contributed by atoms with E-state index in [-0.39, 0.29) is 0 Å². The number of rotatable bonds is 10. The maximum Gasteiger partial charge on any atom is -0.0162 e. The van der Waals surface area contributed by atoms with Crippen LogP contribution in [-0.2, 0) is 6.42 Å². The van der Waals surface area contributed by atoms with Crippen LogP contribution < -0.4 is 0 Å². The molecule has 28 heavy (non-hydrogen) atoms. The Kier molecular flexibility index (Phi) is 8.65. The van der Waals surface area contributed by atoms with Crippen molar-refractivity contribution in [2.45, 2.75) is 96.8 Å². The molecule has 1 saturated carbocycles. The standard InChI is InChI=1S/C28H40/c1-3-5-7-9-23-11-15-25(16-12-23)27-19-21-28(22-20-27)26-17-13-24(14-18-26)10-8-6-4-2/h11-12,15-16,19-22,24,26H,3-10,13-14,17-18H2,1-2H3. The average Bonchev–Trinajstić information content (AvgIpc) is 2.75. The van der Waals surface area contributed by atoms with Crippen LogP contribution in [0.2, 0.25) is 0 Å². The van der Waals surface area contributed by atoms with Gasteiger partial charge in [0.2, 0.25) is 0 Å². The summed E-state index contributed by atoms with van der Waals surface area (Å²) < 4.78 is 0. The number of aryl methyl sites for hydroxylation is 1. The van der Waals surface area contributed by atoms with Crippen molar-refractivity contribution in [3.8, 4) is 11.1 Å². The van der Waals surface area contributed by atoms with E-state index in [9.17, 15) is 0 Å². The monoisotopic (exact) mass is 376 g/mol. The Morgan fingerprint density at radius 3 is 1.82 bits per heavy atom. The number of benzene rings is 2. The molecule has 0 atom stereocenters. The molecule has 0 heterocycles. The minimum Gasteiger partial charge on any atom is -0.0654 e. The van der Waals surface area contributed by atoms with Gasteiger partial charge in [0, 0.05) is 0 Å². The van der Waals surface area contributed by atoms with Crippen molar-refractivity contribution < 1.29 is 0 Å². The van der Waals surface area contributed by atoms with Crippen LogP contribution in [0.25, 0.3) is 11.1 Å². The molecule has 2 aromatic rings. The third kappa shape index (κ3) is 6.23. The fraction of sp³-hybridized carbons (Fsp3) is 0.571. The van der Waals surface area contributed by atoms with Gasteiger partial charge in [0.25, 0.3) is 0 Å². The van der Waals surface area contributed by atoms with Crippen LogP contribution in [0, 0.1) is 5.92 Å². The molecule has 2 aromatic carbocycles. The summed E-state index contributed by atoms with van der Waals surface area (Å²) in [5.41, 5.74) is 5.75. The lowest BCUT2D eigenvalue weighted by Crippen LogP contribution is -2.13. The largest absolute Gasteiger partial charge is 0.0654 e. The van der Waals surface area contributed by atoms with E-state index < -0.39 is 0 Å². The topological polar surface area (TPSA) is 0 Å². The molecule has 152 valence electrons. The molecule has 0 radical (unpaired) electrons. The molecule has 0 bridgehead atoms. The summed E-state index contributed by atoms with van der Waals surface area (Å²) in [6.45, 7) is 4.58. The molecule has 3 rings (SSSR count). The van der Waals surface area contributed by atoms with Gasteiger partial charge in [-0.2, -0.15) is 0 Å². The first-order valence-electron chi connectivity index (χ1n) is 12.0. The first-order chi connectivity index (χ1) is 13.8. The van der Waals surface area contributed by atoms with Gasteiger partial charge < -0.3 is 0 Å². The lowest BCUT2D eigenvalue weighted by atomic mass is 9.77. The highest BCUT2D eigenvalue weighted by Crippen LogP contribution is 2.38. The fourth-order valence-electron chi connectivity index (χ4n) is 4.86. The predicted octanol–water partition coefficient (Wildman–Crippen LogP) is 8.94. The second kappa shape index (κ2) is 11.4. The molecule has 1 fully saturated rings. The quantitative estimate of drug-likeness (QED) is 0.363. The smallest absolute Gasteiger partial charge is 0.0162 e. The molecule has 1 aliphatic carbocycles. The first kappa shape index (κ1) is 21.2.